The van der Waals surface area contributed by atoms with Crippen LogP contribution in [0.1, 0.15) is 12.8 Å². The van der Waals surface area contributed by atoms with Crippen LogP contribution >= 0.6 is 0 Å². The van der Waals surface area contributed by atoms with Gasteiger partial charge >= 0.3 is 6.03 Å². The van der Waals surface area contributed by atoms with E-state index in [1.165, 1.54) is 12.1 Å². The van der Waals surface area contributed by atoms with Crippen LogP contribution in [0.2, 0.25) is 0 Å². The summed E-state index contributed by atoms with van der Waals surface area (Å²) in [5.74, 6) is 0.336. The van der Waals surface area contributed by atoms with Crippen LogP contribution in [0.4, 0.5) is 14.9 Å². The number of carbonyl (C=O) groups excluding carboxylic acids is 1. The average Bonchev–Trinajstić information content (AvgIpc) is 2.85. The Balaban J connectivity index is 1.48. The fraction of sp³-hybridized carbons (Fsp3) is 0.350. The largest absolute Gasteiger partial charge is 0.452 e. The van der Waals surface area contributed by atoms with Crippen molar-refractivity contribution in [2.45, 2.75) is 18.9 Å². The summed E-state index contributed by atoms with van der Waals surface area (Å²) in [4.78, 5) is 14.4. The molecule has 26 heavy (non-hydrogen) atoms. The molecule has 136 valence electrons. The van der Waals surface area contributed by atoms with Crippen LogP contribution < -0.4 is 10.1 Å². The number of amides is 2. The third kappa shape index (κ3) is 3.24. The molecule has 0 radical (unpaired) electrons. The third-order valence-corrected chi connectivity index (χ3v) is 5.26. The number of hydrogen-bond donors (Lipinski definition) is 2. The van der Waals surface area contributed by atoms with Gasteiger partial charge in [-0.1, -0.05) is 24.3 Å². The normalized spacial score (nSPS) is 24.4. The van der Waals surface area contributed by atoms with Crippen molar-refractivity contribution in [3.63, 3.8) is 0 Å². The maximum Gasteiger partial charge on any atom is 0.321 e. The third-order valence-electron chi connectivity index (χ3n) is 5.26. The Hall–Kier alpha value is -2.60. The highest BCUT2D eigenvalue weighted by molar-refractivity contribution is 5.91. The SMILES string of the molecule is O=C(Nc1ccccc1Oc1ccccc1F)N1C[C@H]2CC[C@@H](C1)C2O. The molecule has 4 rings (SSSR count). The second-order valence-corrected chi connectivity index (χ2v) is 6.95. The number of rotatable bonds is 3. The highest BCUT2D eigenvalue weighted by atomic mass is 19.1. The number of anilines is 1. The Kier molecular flexibility index (Phi) is 4.51. The van der Waals surface area contributed by atoms with Crippen molar-refractivity contribution < 1.29 is 19.0 Å². The molecule has 1 aliphatic carbocycles. The Labute approximate surface area is 151 Å². The maximum absolute atomic E-state index is 13.8. The van der Waals surface area contributed by atoms with Crippen molar-refractivity contribution in [1.82, 2.24) is 4.90 Å². The van der Waals surface area contributed by atoms with Crippen molar-refractivity contribution >= 4 is 11.7 Å². The second-order valence-electron chi connectivity index (χ2n) is 6.95. The number of benzene rings is 2. The number of likely N-dealkylation sites (tertiary alicyclic amines) is 1. The number of para-hydroxylation sites is 3. The Bertz CT molecular complexity index is 799. The highest BCUT2D eigenvalue weighted by Gasteiger charge is 2.42. The fourth-order valence-corrected chi connectivity index (χ4v) is 3.86. The van der Waals surface area contributed by atoms with E-state index >= 15 is 0 Å². The summed E-state index contributed by atoms with van der Waals surface area (Å²) in [5.41, 5.74) is 0.485. The van der Waals surface area contributed by atoms with E-state index in [0.717, 1.165) is 12.8 Å². The Morgan fingerprint density at radius 3 is 2.35 bits per heavy atom. The number of halogens is 1. The zero-order valence-corrected chi connectivity index (χ0v) is 14.3. The number of urea groups is 1. The van der Waals surface area contributed by atoms with Gasteiger partial charge in [-0.2, -0.15) is 0 Å². The summed E-state index contributed by atoms with van der Waals surface area (Å²) in [6.45, 7) is 1.11. The Morgan fingerprint density at radius 2 is 1.65 bits per heavy atom. The van der Waals surface area contributed by atoms with Gasteiger partial charge in [0, 0.05) is 24.9 Å². The molecule has 2 aromatic carbocycles. The molecule has 1 heterocycles. The van der Waals surface area contributed by atoms with Gasteiger partial charge in [-0.3, -0.25) is 0 Å². The van der Waals surface area contributed by atoms with Gasteiger partial charge in [0.05, 0.1) is 11.8 Å². The van der Waals surface area contributed by atoms with E-state index in [1.54, 1.807) is 41.3 Å². The zero-order valence-electron chi connectivity index (χ0n) is 14.3. The molecule has 3 atom stereocenters. The molecule has 0 spiro atoms. The van der Waals surface area contributed by atoms with Gasteiger partial charge in [0.25, 0.3) is 0 Å². The fourth-order valence-electron chi connectivity index (χ4n) is 3.86. The van der Waals surface area contributed by atoms with Gasteiger partial charge < -0.3 is 20.1 Å². The summed E-state index contributed by atoms with van der Waals surface area (Å²) < 4.78 is 19.5. The molecule has 2 amide bonds. The van der Waals surface area contributed by atoms with E-state index in [-0.39, 0.29) is 29.7 Å². The highest BCUT2D eigenvalue weighted by Crippen LogP contribution is 2.37. The number of aliphatic hydroxyl groups is 1. The molecule has 1 saturated carbocycles. The smallest absolute Gasteiger partial charge is 0.321 e. The molecule has 2 aromatic rings. The van der Waals surface area contributed by atoms with Gasteiger partial charge in [0.15, 0.2) is 17.3 Å². The predicted octanol–water partition coefficient (Wildman–Crippen LogP) is 3.85. The lowest BCUT2D eigenvalue weighted by Crippen LogP contribution is -2.48. The summed E-state index contributed by atoms with van der Waals surface area (Å²) >= 11 is 0. The first-order valence-electron chi connectivity index (χ1n) is 8.87. The standard InChI is InChI=1S/C20H21FN2O3/c21-15-5-1-3-7-17(15)26-18-8-4-2-6-16(18)22-20(25)23-11-13-9-10-14(12-23)19(13)24/h1-8,13-14,19,24H,9-12H2,(H,22,25)/t13-,14+,19?. The van der Waals surface area contributed by atoms with Crippen LogP contribution in [0.5, 0.6) is 11.5 Å². The minimum Gasteiger partial charge on any atom is -0.452 e. The van der Waals surface area contributed by atoms with E-state index in [2.05, 4.69) is 5.32 Å². The number of fused-ring (bicyclic) bond motifs is 2. The molecular weight excluding hydrogens is 335 g/mol. The number of aliphatic hydroxyl groups excluding tert-OH is 1. The quantitative estimate of drug-likeness (QED) is 0.878. The van der Waals surface area contributed by atoms with Gasteiger partial charge in [0.1, 0.15) is 0 Å². The number of piperidine rings is 1. The molecule has 1 aliphatic heterocycles. The molecular formula is C20H21FN2O3. The minimum absolute atomic E-state index is 0.105. The van der Waals surface area contributed by atoms with Gasteiger partial charge in [-0.05, 0) is 37.1 Å². The number of ether oxygens (including phenoxy) is 1. The second kappa shape index (κ2) is 6.96. The average molecular weight is 356 g/mol. The number of nitrogens with one attached hydrogen (secondary N) is 1. The maximum atomic E-state index is 13.8. The van der Waals surface area contributed by atoms with E-state index in [0.29, 0.717) is 24.5 Å². The number of carbonyl (C=O) groups is 1. The van der Waals surface area contributed by atoms with Crippen LogP contribution in [0.15, 0.2) is 48.5 Å². The predicted molar refractivity (Wildman–Crippen MR) is 95.7 cm³/mol. The topological polar surface area (TPSA) is 61.8 Å². The summed E-state index contributed by atoms with van der Waals surface area (Å²) in [6.07, 6.45) is 1.63. The Morgan fingerprint density at radius 1 is 1.04 bits per heavy atom. The first-order chi connectivity index (χ1) is 12.6. The monoisotopic (exact) mass is 356 g/mol. The van der Waals surface area contributed by atoms with E-state index in [9.17, 15) is 14.3 Å². The van der Waals surface area contributed by atoms with Crippen LogP contribution in [-0.4, -0.2) is 35.2 Å². The van der Waals surface area contributed by atoms with Crippen molar-refractivity contribution in [2.75, 3.05) is 18.4 Å². The molecule has 2 aliphatic rings. The number of nitrogens with zero attached hydrogens (tertiary/aromatic N) is 1. The summed E-state index contributed by atoms with van der Waals surface area (Å²) in [5, 5.41) is 13.0. The van der Waals surface area contributed by atoms with Gasteiger partial charge in [-0.25, -0.2) is 9.18 Å². The first-order valence-corrected chi connectivity index (χ1v) is 8.87. The first kappa shape index (κ1) is 16.8. The van der Waals surface area contributed by atoms with Crippen molar-refractivity contribution in [1.29, 1.82) is 0 Å². The molecule has 0 aromatic heterocycles. The van der Waals surface area contributed by atoms with Gasteiger partial charge in [0.2, 0.25) is 0 Å². The number of hydrogen-bond acceptors (Lipinski definition) is 3. The molecule has 2 bridgehead atoms. The van der Waals surface area contributed by atoms with Crippen molar-refractivity contribution in [3.8, 4) is 11.5 Å². The van der Waals surface area contributed by atoms with E-state index < -0.39 is 5.82 Å². The lowest BCUT2D eigenvalue weighted by molar-refractivity contribution is 0.0326. The molecule has 1 unspecified atom stereocenters. The van der Waals surface area contributed by atoms with E-state index in [4.69, 9.17) is 4.74 Å². The van der Waals surface area contributed by atoms with E-state index in [1.807, 2.05) is 0 Å². The van der Waals surface area contributed by atoms with Gasteiger partial charge in [-0.15, -0.1) is 0 Å². The molecule has 2 N–H and O–H groups in total. The summed E-state index contributed by atoms with van der Waals surface area (Å²) in [6, 6.07) is 12.9. The molecule has 1 saturated heterocycles. The van der Waals surface area contributed by atoms with Crippen LogP contribution in [0.25, 0.3) is 0 Å². The van der Waals surface area contributed by atoms with Crippen LogP contribution in [-0.2, 0) is 0 Å². The van der Waals surface area contributed by atoms with Crippen molar-refractivity contribution in [3.05, 3.63) is 54.3 Å². The lowest BCUT2D eigenvalue weighted by Gasteiger charge is -2.35. The molecule has 5 nitrogen and oxygen atoms in total. The van der Waals surface area contributed by atoms with Crippen LogP contribution in [0, 0.1) is 17.7 Å². The molecule has 2 fully saturated rings. The minimum atomic E-state index is -0.463. The summed E-state index contributed by atoms with van der Waals surface area (Å²) in [7, 11) is 0. The van der Waals surface area contributed by atoms with Crippen LogP contribution in [0.3, 0.4) is 0 Å². The van der Waals surface area contributed by atoms with Crippen molar-refractivity contribution in [2.24, 2.45) is 11.8 Å². The zero-order chi connectivity index (χ0) is 18.1. The molecule has 6 heteroatoms. The lowest BCUT2D eigenvalue weighted by atomic mass is 9.95.